The Labute approximate surface area is 165 Å². The molecule has 2 aromatic heterocycles. The van der Waals surface area contributed by atoms with Gasteiger partial charge in [0.25, 0.3) is 0 Å². The maximum absolute atomic E-state index is 9.67. The Hall–Kier alpha value is -2.50. The average Bonchev–Trinajstić information content (AvgIpc) is 3.10. The van der Waals surface area contributed by atoms with Crippen molar-refractivity contribution < 1.29 is 5.11 Å². The van der Waals surface area contributed by atoms with Crippen LogP contribution >= 0.6 is 0 Å². The summed E-state index contributed by atoms with van der Waals surface area (Å²) in [5.41, 5.74) is 0.633. The standard InChI is InChI=1S/C20H27N7O/c1-25-18(14-26-9-6-17(28)7-10-26)23-24-20(25)15-4-11-27(12-5-15)19-16(13-21)3-2-8-22-19/h2-3,8,15,17,28H,4-7,9-12,14H2,1H3. The van der Waals surface area contributed by atoms with E-state index in [0.29, 0.717) is 11.5 Å². The Morgan fingerprint density at radius 2 is 1.89 bits per heavy atom. The van der Waals surface area contributed by atoms with E-state index in [-0.39, 0.29) is 6.10 Å². The van der Waals surface area contributed by atoms with Gasteiger partial charge in [-0.05, 0) is 37.8 Å². The predicted octanol–water partition coefficient (Wildman–Crippen LogP) is 1.42. The van der Waals surface area contributed by atoms with E-state index in [1.54, 1.807) is 12.3 Å². The summed E-state index contributed by atoms with van der Waals surface area (Å²) in [6.07, 6.45) is 5.21. The van der Waals surface area contributed by atoms with E-state index in [0.717, 1.165) is 75.9 Å². The Balaban J connectivity index is 1.39. The van der Waals surface area contributed by atoms with Gasteiger partial charge in [-0.2, -0.15) is 5.26 Å². The van der Waals surface area contributed by atoms with E-state index >= 15 is 0 Å². The predicted molar refractivity (Wildman–Crippen MR) is 105 cm³/mol. The van der Waals surface area contributed by atoms with Gasteiger partial charge in [-0.15, -0.1) is 10.2 Å². The Kier molecular flexibility index (Phi) is 5.55. The first kappa shape index (κ1) is 18.8. The van der Waals surface area contributed by atoms with Crippen LogP contribution in [0.2, 0.25) is 0 Å². The van der Waals surface area contributed by atoms with Crippen molar-refractivity contribution >= 4 is 5.82 Å². The zero-order valence-electron chi connectivity index (χ0n) is 16.3. The van der Waals surface area contributed by atoms with Gasteiger partial charge in [0.2, 0.25) is 0 Å². The molecule has 0 aromatic carbocycles. The smallest absolute Gasteiger partial charge is 0.146 e. The molecule has 8 heteroatoms. The van der Waals surface area contributed by atoms with Gasteiger partial charge in [0, 0.05) is 45.3 Å². The molecule has 0 amide bonds. The van der Waals surface area contributed by atoms with E-state index in [1.807, 2.05) is 6.07 Å². The summed E-state index contributed by atoms with van der Waals surface area (Å²) < 4.78 is 2.15. The number of aliphatic hydroxyl groups is 1. The minimum absolute atomic E-state index is 0.155. The molecule has 0 radical (unpaired) electrons. The van der Waals surface area contributed by atoms with Crippen molar-refractivity contribution in [2.24, 2.45) is 7.05 Å². The van der Waals surface area contributed by atoms with E-state index in [9.17, 15) is 10.4 Å². The highest BCUT2D eigenvalue weighted by Gasteiger charge is 2.27. The zero-order valence-corrected chi connectivity index (χ0v) is 16.3. The highest BCUT2D eigenvalue weighted by molar-refractivity contribution is 5.53. The van der Waals surface area contributed by atoms with Crippen molar-refractivity contribution in [1.29, 1.82) is 5.26 Å². The van der Waals surface area contributed by atoms with Gasteiger partial charge < -0.3 is 14.6 Å². The molecule has 0 saturated carbocycles. The number of hydrogen-bond donors (Lipinski definition) is 1. The summed E-state index contributed by atoms with van der Waals surface area (Å²) in [6.45, 7) is 4.33. The minimum Gasteiger partial charge on any atom is -0.393 e. The number of pyridine rings is 1. The van der Waals surface area contributed by atoms with Crippen LogP contribution in [-0.2, 0) is 13.6 Å². The highest BCUT2D eigenvalue weighted by Crippen LogP contribution is 2.30. The van der Waals surface area contributed by atoms with Crippen LogP contribution in [0, 0.1) is 11.3 Å². The summed E-state index contributed by atoms with van der Waals surface area (Å²) >= 11 is 0. The van der Waals surface area contributed by atoms with Gasteiger partial charge in [0.15, 0.2) is 0 Å². The lowest BCUT2D eigenvalue weighted by molar-refractivity contribution is 0.0775. The van der Waals surface area contributed by atoms with Crippen LogP contribution in [0.15, 0.2) is 18.3 Å². The molecule has 0 spiro atoms. The topological polar surface area (TPSA) is 94.1 Å². The van der Waals surface area contributed by atoms with Gasteiger partial charge >= 0.3 is 0 Å². The van der Waals surface area contributed by atoms with Gasteiger partial charge in [-0.1, -0.05) is 0 Å². The number of anilines is 1. The lowest BCUT2D eigenvalue weighted by Gasteiger charge is -2.32. The number of aliphatic hydroxyl groups excluding tert-OH is 1. The van der Waals surface area contributed by atoms with Crippen LogP contribution in [0.5, 0.6) is 0 Å². The van der Waals surface area contributed by atoms with E-state index in [1.165, 1.54) is 0 Å². The second-order valence-corrected chi connectivity index (χ2v) is 7.79. The largest absolute Gasteiger partial charge is 0.393 e. The summed E-state index contributed by atoms with van der Waals surface area (Å²) in [5.74, 6) is 3.20. The molecular formula is C20H27N7O. The molecule has 148 valence electrons. The van der Waals surface area contributed by atoms with Crippen molar-refractivity contribution in [1.82, 2.24) is 24.6 Å². The normalized spacial score (nSPS) is 19.7. The number of rotatable bonds is 4. The summed E-state index contributed by atoms with van der Waals surface area (Å²) in [5, 5.41) is 27.9. The quantitative estimate of drug-likeness (QED) is 0.856. The van der Waals surface area contributed by atoms with Gasteiger partial charge in [0.1, 0.15) is 23.5 Å². The summed E-state index contributed by atoms with van der Waals surface area (Å²) in [7, 11) is 2.06. The fourth-order valence-corrected chi connectivity index (χ4v) is 4.23. The Morgan fingerprint density at radius 1 is 1.14 bits per heavy atom. The third-order valence-electron chi connectivity index (χ3n) is 5.99. The van der Waals surface area contributed by atoms with Crippen LogP contribution < -0.4 is 4.90 Å². The monoisotopic (exact) mass is 381 g/mol. The molecule has 0 bridgehead atoms. The zero-order chi connectivity index (χ0) is 19.5. The molecule has 0 unspecified atom stereocenters. The molecule has 8 nitrogen and oxygen atoms in total. The van der Waals surface area contributed by atoms with Crippen LogP contribution in [0.1, 0.15) is 48.8 Å². The van der Waals surface area contributed by atoms with Crippen LogP contribution in [0.4, 0.5) is 5.82 Å². The number of aromatic nitrogens is 4. The maximum Gasteiger partial charge on any atom is 0.146 e. The first-order valence-corrected chi connectivity index (χ1v) is 10.0. The second-order valence-electron chi connectivity index (χ2n) is 7.79. The summed E-state index contributed by atoms with van der Waals surface area (Å²) in [4.78, 5) is 8.95. The molecule has 28 heavy (non-hydrogen) atoms. The van der Waals surface area contributed by atoms with E-state index in [4.69, 9.17) is 0 Å². The van der Waals surface area contributed by atoms with Crippen LogP contribution in [-0.4, -0.2) is 62.0 Å². The number of hydrogen-bond acceptors (Lipinski definition) is 7. The SMILES string of the molecule is Cn1c(CN2CCC(O)CC2)nnc1C1CCN(c2ncccc2C#N)CC1. The van der Waals surface area contributed by atoms with Gasteiger partial charge in [0.05, 0.1) is 18.2 Å². The molecule has 4 heterocycles. The number of nitrogens with zero attached hydrogens (tertiary/aromatic N) is 7. The molecule has 2 aliphatic rings. The third-order valence-corrected chi connectivity index (χ3v) is 5.99. The van der Waals surface area contributed by atoms with Crippen molar-refractivity contribution in [3.63, 3.8) is 0 Å². The average molecular weight is 381 g/mol. The highest BCUT2D eigenvalue weighted by atomic mass is 16.3. The molecule has 2 fully saturated rings. The lowest BCUT2D eigenvalue weighted by atomic mass is 9.95. The van der Waals surface area contributed by atoms with Gasteiger partial charge in [-0.25, -0.2) is 4.98 Å². The van der Waals surface area contributed by atoms with E-state index < -0.39 is 0 Å². The molecule has 2 aliphatic heterocycles. The first-order valence-electron chi connectivity index (χ1n) is 10.0. The van der Waals surface area contributed by atoms with Crippen molar-refractivity contribution in [3.8, 4) is 6.07 Å². The number of piperidine rings is 2. The van der Waals surface area contributed by atoms with Crippen LogP contribution in [0.3, 0.4) is 0 Å². The Bertz CT molecular complexity index is 842. The lowest BCUT2D eigenvalue weighted by Crippen LogP contribution is -2.36. The van der Waals surface area contributed by atoms with E-state index in [2.05, 4.69) is 42.7 Å². The fourth-order valence-electron chi connectivity index (χ4n) is 4.23. The molecule has 2 saturated heterocycles. The number of likely N-dealkylation sites (tertiary alicyclic amines) is 1. The van der Waals surface area contributed by atoms with Crippen molar-refractivity contribution in [2.45, 2.75) is 44.2 Å². The summed E-state index contributed by atoms with van der Waals surface area (Å²) in [6, 6.07) is 5.87. The molecular weight excluding hydrogens is 354 g/mol. The van der Waals surface area contributed by atoms with Gasteiger partial charge in [-0.3, -0.25) is 4.90 Å². The minimum atomic E-state index is -0.155. The molecule has 4 rings (SSSR count). The molecule has 0 atom stereocenters. The fraction of sp³-hybridized carbons (Fsp3) is 0.600. The third kappa shape index (κ3) is 3.86. The molecule has 2 aromatic rings. The van der Waals surface area contributed by atoms with Crippen molar-refractivity contribution in [3.05, 3.63) is 35.5 Å². The molecule has 1 N–H and O–H groups in total. The first-order chi connectivity index (χ1) is 13.7. The maximum atomic E-state index is 9.67. The molecule has 0 aliphatic carbocycles. The Morgan fingerprint density at radius 3 is 2.61 bits per heavy atom. The van der Waals surface area contributed by atoms with Crippen molar-refractivity contribution in [2.75, 3.05) is 31.1 Å². The van der Waals surface area contributed by atoms with Crippen LogP contribution in [0.25, 0.3) is 0 Å². The number of nitriles is 1. The second kappa shape index (κ2) is 8.25.